The zero-order chi connectivity index (χ0) is 15.5. The molecule has 7 heteroatoms. The van der Waals surface area contributed by atoms with E-state index in [1.807, 2.05) is 12.1 Å². The van der Waals surface area contributed by atoms with E-state index in [1.165, 1.54) is 0 Å². The van der Waals surface area contributed by atoms with Crippen molar-refractivity contribution in [2.24, 2.45) is 0 Å². The van der Waals surface area contributed by atoms with Crippen LogP contribution in [-0.2, 0) is 4.79 Å². The first-order valence-corrected chi connectivity index (χ1v) is 6.84. The van der Waals surface area contributed by atoms with E-state index in [0.29, 0.717) is 17.5 Å². The lowest BCUT2D eigenvalue weighted by Gasteiger charge is -2.12. The molecule has 22 heavy (non-hydrogen) atoms. The fourth-order valence-corrected chi connectivity index (χ4v) is 1.99. The van der Waals surface area contributed by atoms with Crippen molar-refractivity contribution in [2.75, 3.05) is 5.32 Å². The van der Waals surface area contributed by atoms with Gasteiger partial charge in [0.15, 0.2) is 0 Å². The number of nitrogens with one attached hydrogen (secondary N) is 1. The molecule has 1 amide bonds. The van der Waals surface area contributed by atoms with Gasteiger partial charge in [0.1, 0.15) is 6.04 Å². The minimum Gasteiger partial charge on any atom is -0.421 e. The van der Waals surface area contributed by atoms with Gasteiger partial charge in [0, 0.05) is 30.6 Å². The summed E-state index contributed by atoms with van der Waals surface area (Å²) in [6.45, 7) is 3.53. The van der Waals surface area contributed by atoms with Gasteiger partial charge >= 0.3 is 0 Å². The summed E-state index contributed by atoms with van der Waals surface area (Å²) in [5.41, 5.74) is 1.50. The molecule has 2 heterocycles. The van der Waals surface area contributed by atoms with Gasteiger partial charge in [-0.25, -0.2) is 0 Å². The highest BCUT2D eigenvalue weighted by Gasteiger charge is 2.15. The summed E-state index contributed by atoms with van der Waals surface area (Å²) >= 11 is 0. The van der Waals surface area contributed by atoms with E-state index in [9.17, 15) is 4.79 Å². The smallest absolute Gasteiger partial charge is 0.248 e. The van der Waals surface area contributed by atoms with Gasteiger partial charge in [-0.05, 0) is 37.3 Å². The van der Waals surface area contributed by atoms with Gasteiger partial charge in [-0.3, -0.25) is 9.48 Å². The van der Waals surface area contributed by atoms with Gasteiger partial charge in [0.2, 0.25) is 17.7 Å². The Labute approximate surface area is 127 Å². The second-order valence-electron chi connectivity index (χ2n) is 4.85. The third-order valence-corrected chi connectivity index (χ3v) is 3.23. The lowest BCUT2D eigenvalue weighted by molar-refractivity contribution is -0.119. The summed E-state index contributed by atoms with van der Waals surface area (Å²) < 4.78 is 6.96. The summed E-state index contributed by atoms with van der Waals surface area (Å²) in [5, 5.41) is 14.7. The van der Waals surface area contributed by atoms with Gasteiger partial charge in [-0.15, -0.1) is 10.2 Å². The molecular weight excluding hydrogens is 282 g/mol. The van der Waals surface area contributed by atoms with Crippen LogP contribution in [0.2, 0.25) is 0 Å². The zero-order valence-electron chi connectivity index (χ0n) is 12.2. The van der Waals surface area contributed by atoms with E-state index in [0.717, 1.165) is 5.56 Å². The molecular formula is C15H15N5O2. The number of rotatable bonds is 4. The van der Waals surface area contributed by atoms with Gasteiger partial charge in [0.05, 0.1) is 0 Å². The molecule has 0 saturated heterocycles. The van der Waals surface area contributed by atoms with Crippen molar-refractivity contribution in [1.82, 2.24) is 20.0 Å². The summed E-state index contributed by atoms with van der Waals surface area (Å²) in [5.74, 6) is 0.839. The number of benzene rings is 1. The summed E-state index contributed by atoms with van der Waals surface area (Å²) in [6.07, 6.45) is 3.40. The van der Waals surface area contributed by atoms with Gasteiger partial charge < -0.3 is 9.73 Å². The highest BCUT2D eigenvalue weighted by molar-refractivity contribution is 5.93. The summed E-state index contributed by atoms with van der Waals surface area (Å²) in [7, 11) is 0. The third-order valence-electron chi connectivity index (χ3n) is 3.23. The molecule has 0 fully saturated rings. The fraction of sp³-hybridized carbons (Fsp3) is 0.200. The quantitative estimate of drug-likeness (QED) is 0.799. The van der Waals surface area contributed by atoms with E-state index in [-0.39, 0.29) is 11.9 Å². The van der Waals surface area contributed by atoms with Crippen LogP contribution in [0.25, 0.3) is 11.5 Å². The molecule has 1 atom stereocenters. The minimum absolute atomic E-state index is 0.134. The number of hydrogen-bond acceptors (Lipinski definition) is 5. The largest absolute Gasteiger partial charge is 0.421 e. The summed E-state index contributed by atoms with van der Waals surface area (Å²) in [6, 6.07) is 8.63. The van der Waals surface area contributed by atoms with Crippen molar-refractivity contribution < 1.29 is 9.21 Å². The molecule has 1 aromatic carbocycles. The molecule has 0 spiro atoms. The molecule has 0 aliphatic rings. The topological polar surface area (TPSA) is 85.8 Å². The maximum absolute atomic E-state index is 12.2. The second kappa shape index (κ2) is 5.80. The molecule has 0 unspecified atom stereocenters. The number of aryl methyl sites for hydroxylation is 1. The Morgan fingerprint density at radius 1 is 1.27 bits per heavy atom. The predicted molar refractivity (Wildman–Crippen MR) is 80.0 cm³/mol. The average molecular weight is 297 g/mol. The van der Waals surface area contributed by atoms with Crippen LogP contribution >= 0.6 is 0 Å². The highest BCUT2D eigenvalue weighted by atomic mass is 16.4. The fourth-order valence-electron chi connectivity index (χ4n) is 1.99. The maximum Gasteiger partial charge on any atom is 0.248 e. The van der Waals surface area contributed by atoms with Crippen molar-refractivity contribution in [1.29, 1.82) is 0 Å². The van der Waals surface area contributed by atoms with E-state index in [4.69, 9.17) is 4.42 Å². The van der Waals surface area contributed by atoms with Crippen molar-refractivity contribution in [3.05, 3.63) is 48.6 Å². The molecule has 0 aliphatic heterocycles. The minimum atomic E-state index is -0.381. The Morgan fingerprint density at radius 3 is 2.64 bits per heavy atom. The molecule has 2 aromatic heterocycles. The molecule has 112 valence electrons. The number of aromatic nitrogens is 4. The molecule has 0 bridgehead atoms. The first-order chi connectivity index (χ1) is 10.6. The first kappa shape index (κ1) is 14.0. The standard InChI is InChI=1S/C15H15N5O2/c1-10(20-9-3-8-16-20)14(21)17-13-6-4-12(5-7-13)15-19-18-11(2)22-15/h3-10H,1-2H3,(H,17,21)/t10-/m0/s1. The molecule has 0 radical (unpaired) electrons. The number of nitrogens with zero attached hydrogens (tertiary/aromatic N) is 4. The Morgan fingerprint density at radius 2 is 2.05 bits per heavy atom. The molecule has 3 rings (SSSR count). The molecule has 7 nitrogen and oxygen atoms in total. The van der Waals surface area contributed by atoms with E-state index in [2.05, 4.69) is 20.6 Å². The average Bonchev–Trinajstić information content (AvgIpc) is 3.18. The van der Waals surface area contributed by atoms with Crippen molar-refractivity contribution >= 4 is 11.6 Å². The number of amides is 1. The molecule has 0 saturated carbocycles. The number of carbonyl (C=O) groups excluding carboxylic acids is 1. The maximum atomic E-state index is 12.2. The van der Waals surface area contributed by atoms with Crippen LogP contribution in [-0.4, -0.2) is 25.9 Å². The van der Waals surface area contributed by atoms with Gasteiger partial charge in [0.25, 0.3) is 0 Å². The predicted octanol–water partition coefficient (Wildman–Crippen LogP) is 2.44. The number of hydrogen-bond donors (Lipinski definition) is 1. The van der Waals surface area contributed by atoms with Crippen LogP contribution in [0.4, 0.5) is 5.69 Å². The lowest BCUT2D eigenvalue weighted by Crippen LogP contribution is -2.23. The monoisotopic (exact) mass is 297 g/mol. The summed E-state index contributed by atoms with van der Waals surface area (Å²) in [4.78, 5) is 12.2. The first-order valence-electron chi connectivity index (χ1n) is 6.84. The Kier molecular flexibility index (Phi) is 3.69. The molecule has 0 aliphatic carbocycles. The lowest BCUT2D eigenvalue weighted by atomic mass is 10.2. The van der Waals surface area contributed by atoms with E-state index in [1.54, 1.807) is 49.1 Å². The van der Waals surface area contributed by atoms with Crippen LogP contribution in [0.15, 0.2) is 47.1 Å². The molecule has 1 N–H and O–H groups in total. The van der Waals surface area contributed by atoms with Crippen LogP contribution in [0.1, 0.15) is 18.9 Å². The van der Waals surface area contributed by atoms with Crippen molar-refractivity contribution in [3.63, 3.8) is 0 Å². The van der Waals surface area contributed by atoms with Crippen molar-refractivity contribution in [3.8, 4) is 11.5 Å². The number of carbonyl (C=O) groups is 1. The Hall–Kier alpha value is -2.96. The van der Waals surface area contributed by atoms with Crippen LogP contribution in [0.5, 0.6) is 0 Å². The van der Waals surface area contributed by atoms with Gasteiger partial charge in [-0.2, -0.15) is 5.10 Å². The Balaban J connectivity index is 1.69. The Bertz CT molecular complexity index is 762. The van der Waals surface area contributed by atoms with Crippen LogP contribution < -0.4 is 5.32 Å². The van der Waals surface area contributed by atoms with Crippen LogP contribution in [0, 0.1) is 6.92 Å². The van der Waals surface area contributed by atoms with E-state index >= 15 is 0 Å². The third kappa shape index (κ3) is 2.88. The SMILES string of the molecule is Cc1nnc(-c2ccc(NC(=O)[C@H](C)n3cccn3)cc2)o1. The van der Waals surface area contributed by atoms with Crippen molar-refractivity contribution in [2.45, 2.75) is 19.9 Å². The van der Waals surface area contributed by atoms with Gasteiger partial charge in [-0.1, -0.05) is 0 Å². The normalized spacial score (nSPS) is 12.1. The number of anilines is 1. The van der Waals surface area contributed by atoms with E-state index < -0.39 is 0 Å². The van der Waals surface area contributed by atoms with Crippen LogP contribution in [0.3, 0.4) is 0 Å². The molecule has 3 aromatic rings. The second-order valence-corrected chi connectivity index (χ2v) is 4.85. The zero-order valence-corrected chi connectivity index (χ0v) is 12.2. The highest BCUT2D eigenvalue weighted by Crippen LogP contribution is 2.20.